The Labute approximate surface area is 94.0 Å². The molecule has 1 rings (SSSR count). The fraction of sp³-hybridized carbons (Fsp3) is 0.545. The van der Waals surface area contributed by atoms with E-state index in [2.05, 4.69) is 0 Å². The van der Waals surface area contributed by atoms with Crippen molar-refractivity contribution in [2.45, 2.75) is 20.8 Å². The average molecular weight is 228 g/mol. The summed E-state index contributed by atoms with van der Waals surface area (Å²) in [5, 5.41) is 0. The quantitative estimate of drug-likeness (QED) is 0.574. The molecule has 0 unspecified atom stereocenters. The highest BCUT2D eigenvalue weighted by Crippen LogP contribution is 2.21. The summed E-state index contributed by atoms with van der Waals surface area (Å²) < 4.78 is 10.1. The lowest BCUT2D eigenvalue weighted by molar-refractivity contribution is 0.0335. The van der Waals surface area contributed by atoms with Gasteiger partial charge in [-0.25, -0.2) is 4.79 Å². The molecule has 0 spiro atoms. The molecule has 0 aliphatic carbocycles. The highest BCUT2D eigenvalue weighted by atomic mass is 32.1. The molecule has 4 heteroatoms. The molecular formula is C11H16O3S. The number of hydrogen-bond donors (Lipinski definition) is 0. The average Bonchev–Trinajstić information content (AvgIpc) is 2.52. The van der Waals surface area contributed by atoms with Gasteiger partial charge in [-0.3, -0.25) is 0 Å². The minimum atomic E-state index is -0.253. The smallest absolute Gasteiger partial charge is 0.339 e. The Morgan fingerprint density at radius 2 is 2.13 bits per heavy atom. The molecule has 0 aliphatic heterocycles. The van der Waals surface area contributed by atoms with Gasteiger partial charge in [0.05, 0.1) is 12.2 Å². The summed E-state index contributed by atoms with van der Waals surface area (Å²) in [6, 6.07) is 1.86. The minimum Gasteiger partial charge on any atom is -0.460 e. The molecule has 1 aromatic heterocycles. The van der Waals surface area contributed by atoms with Gasteiger partial charge in [0.25, 0.3) is 0 Å². The maximum Gasteiger partial charge on any atom is 0.339 e. The van der Waals surface area contributed by atoms with E-state index in [1.165, 1.54) is 0 Å². The van der Waals surface area contributed by atoms with E-state index in [9.17, 15) is 4.79 Å². The molecule has 0 fully saturated rings. The number of ether oxygens (including phenoxy) is 2. The van der Waals surface area contributed by atoms with E-state index >= 15 is 0 Å². The van der Waals surface area contributed by atoms with Gasteiger partial charge in [0, 0.05) is 16.4 Å². The number of thiophene rings is 1. The molecule has 0 bridgehead atoms. The molecule has 0 amide bonds. The monoisotopic (exact) mass is 228 g/mol. The van der Waals surface area contributed by atoms with Crippen molar-refractivity contribution in [1.29, 1.82) is 0 Å². The van der Waals surface area contributed by atoms with Crippen molar-refractivity contribution in [3.8, 4) is 0 Å². The van der Waals surface area contributed by atoms with Gasteiger partial charge in [-0.1, -0.05) is 0 Å². The number of hydrogen-bond acceptors (Lipinski definition) is 4. The zero-order valence-corrected chi connectivity index (χ0v) is 10.1. The molecule has 0 saturated carbocycles. The number of esters is 1. The van der Waals surface area contributed by atoms with E-state index in [1.807, 2.05) is 26.8 Å². The van der Waals surface area contributed by atoms with Crippen LogP contribution < -0.4 is 0 Å². The number of aryl methyl sites for hydroxylation is 2. The largest absolute Gasteiger partial charge is 0.460 e. The lowest BCUT2D eigenvalue weighted by Gasteiger charge is -2.03. The van der Waals surface area contributed by atoms with Crippen LogP contribution in [0.15, 0.2) is 6.07 Å². The summed E-state index contributed by atoms with van der Waals surface area (Å²) in [7, 11) is 0. The molecule has 0 N–H and O–H groups in total. The Hall–Kier alpha value is -0.870. The minimum absolute atomic E-state index is 0.253. The normalized spacial score (nSPS) is 10.3. The SMILES string of the molecule is CCOCCOC(=O)c1cc(C)sc1C. The predicted molar refractivity (Wildman–Crippen MR) is 60.6 cm³/mol. The third kappa shape index (κ3) is 3.64. The Kier molecular flexibility index (Phi) is 4.78. The Bertz CT molecular complexity index is 331. The summed E-state index contributed by atoms with van der Waals surface area (Å²) in [4.78, 5) is 13.7. The third-order valence-electron chi connectivity index (χ3n) is 1.93. The van der Waals surface area contributed by atoms with Gasteiger partial charge in [0.1, 0.15) is 6.61 Å². The molecule has 0 aromatic carbocycles. The lowest BCUT2D eigenvalue weighted by Crippen LogP contribution is -2.10. The van der Waals surface area contributed by atoms with Crippen LogP contribution in [-0.4, -0.2) is 25.8 Å². The molecule has 84 valence electrons. The summed E-state index contributed by atoms with van der Waals surface area (Å²) >= 11 is 1.61. The number of carbonyl (C=O) groups is 1. The van der Waals surface area contributed by atoms with Crippen molar-refractivity contribution < 1.29 is 14.3 Å². The van der Waals surface area contributed by atoms with Crippen LogP contribution in [-0.2, 0) is 9.47 Å². The standard InChI is InChI=1S/C11H16O3S/c1-4-13-5-6-14-11(12)10-7-8(2)15-9(10)3/h7H,4-6H2,1-3H3. The van der Waals surface area contributed by atoms with Crippen molar-refractivity contribution in [2.75, 3.05) is 19.8 Å². The first-order chi connectivity index (χ1) is 7.15. The van der Waals surface area contributed by atoms with Gasteiger partial charge in [0.15, 0.2) is 0 Å². The van der Waals surface area contributed by atoms with Gasteiger partial charge in [-0.15, -0.1) is 11.3 Å². The zero-order chi connectivity index (χ0) is 11.3. The van der Waals surface area contributed by atoms with Crippen LogP contribution in [0, 0.1) is 13.8 Å². The van der Waals surface area contributed by atoms with Gasteiger partial charge in [0.2, 0.25) is 0 Å². The Morgan fingerprint density at radius 3 is 2.67 bits per heavy atom. The topological polar surface area (TPSA) is 35.5 Å². The van der Waals surface area contributed by atoms with Gasteiger partial charge < -0.3 is 9.47 Å². The van der Waals surface area contributed by atoms with Crippen molar-refractivity contribution >= 4 is 17.3 Å². The fourth-order valence-electron chi connectivity index (χ4n) is 1.25. The zero-order valence-electron chi connectivity index (χ0n) is 9.33. The van der Waals surface area contributed by atoms with Crippen LogP contribution in [0.3, 0.4) is 0 Å². The second kappa shape index (κ2) is 5.88. The van der Waals surface area contributed by atoms with Gasteiger partial charge >= 0.3 is 5.97 Å². The van der Waals surface area contributed by atoms with Crippen LogP contribution in [0.5, 0.6) is 0 Å². The molecule has 1 aromatic rings. The molecular weight excluding hydrogens is 212 g/mol. The highest BCUT2D eigenvalue weighted by molar-refractivity contribution is 7.12. The van der Waals surface area contributed by atoms with E-state index in [4.69, 9.17) is 9.47 Å². The molecule has 0 saturated heterocycles. The first-order valence-electron chi connectivity index (χ1n) is 4.97. The van der Waals surface area contributed by atoms with Crippen molar-refractivity contribution in [3.63, 3.8) is 0 Å². The van der Waals surface area contributed by atoms with Gasteiger partial charge in [-0.2, -0.15) is 0 Å². The first-order valence-corrected chi connectivity index (χ1v) is 5.78. The maximum atomic E-state index is 11.6. The summed E-state index contributed by atoms with van der Waals surface area (Å²) in [6.07, 6.45) is 0. The number of rotatable bonds is 5. The summed E-state index contributed by atoms with van der Waals surface area (Å²) in [5.41, 5.74) is 0.675. The van der Waals surface area contributed by atoms with Crippen molar-refractivity contribution in [3.05, 3.63) is 21.4 Å². The van der Waals surface area contributed by atoms with Crippen LogP contribution in [0.1, 0.15) is 27.0 Å². The predicted octanol–water partition coefficient (Wildman–Crippen LogP) is 2.56. The highest BCUT2D eigenvalue weighted by Gasteiger charge is 2.12. The molecule has 15 heavy (non-hydrogen) atoms. The van der Waals surface area contributed by atoms with Crippen LogP contribution in [0.2, 0.25) is 0 Å². The first kappa shape index (κ1) is 12.2. The van der Waals surface area contributed by atoms with E-state index in [0.717, 1.165) is 9.75 Å². The molecule has 0 aliphatic rings. The third-order valence-corrected chi connectivity index (χ3v) is 2.89. The van der Waals surface area contributed by atoms with E-state index in [0.29, 0.717) is 25.4 Å². The Morgan fingerprint density at radius 1 is 1.40 bits per heavy atom. The van der Waals surface area contributed by atoms with Crippen LogP contribution >= 0.6 is 11.3 Å². The van der Waals surface area contributed by atoms with Crippen LogP contribution in [0.4, 0.5) is 0 Å². The Balaban J connectivity index is 2.43. The molecule has 0 atom stereocenters. The van der Waals surface area contributed by atoms with Crippen LogP contribution in [0.25, 0.3) is 0 Å². The van der Waals surface area contributed by atoms with Gasteiger partial charge in [-0.05, 0) is 26.8 Å². The van der Waals surface area contributed by atoms with E-state index < -0.39 is 0 Å². The van der Waals surface area contributed by atoms with E-state index in [-0.39, 0.29) is 5.97 Å². The van der Waals surface area contributed by atoms with Crippen molar-refractivity contribution in [2.24, 2.45) is 0 Å². The fourth-order valence-corrected chi connectivity index (χ4v) is 2.16. The molecule has 0 radical (unpaired) electrons. The second-order valence-electron chi connectivity index (χ2n) is 3.16. The van der Waals surface area contributed by atoms with Crippen molar-refractivity contribution in [1.82, 2.24) is 0 Å². The summed E-state index contributed by atoms with van der Waals surface area (Å²) in [6.45, 7) is 7.25. The second-order valence-corrected chi connectivity index (χ2v) is 4.62. The number of carbonyl (C=O) groups excluding carboxylic acids is 1. The summed E-state index contributed by atoms with van der Waals surface area (Å²) in [5.74, 6) is -0.253. The molecule has 3 nitrogen and oxygen atoms in total. The maximum absolute atomic E-state index is 11.6. The lowest BCUT2D eigenvalue weighted by atomic mass is 10.2. The van der Waals surface area contributed by atoms with E-state index in [1.54, 1.807) is 11.3 Å². The molecule has 1 heterocycles.